The number of aryl methyl sites for hydroxylation is 1. The molecule has 1 fully saturated rings. The SMILES string of the molecule is Cc1cc(N2CCO[C@](C)(C(O)C(=O)Nc3ccc4c(N)noc4c3)C2=O)nn1-c1ccc(=O)n(C(F)F)c1. The van der Waals surface area contributed by atoms with E-state index in [4.69, 9.17) is 15.0 Å². The summed E-state index contributed by atoms with van der Waals surface area (Å²) in [5.74, 6) is -1.32. The van der Waals surface area contributed by atoms with Crippen molar-refractivity contribution in [2.45, 2.75) is 32.1 Å². The molecule has 1 saturated heterocycles. The fraction of sp³-hybridized carbons (Fsp3) is 0.292. The van der Waals surface area contributed by atoms with Crippen LogP contribution in [0.5, 0.6) is 0 Å². The molecule has 2 atom stereocenters. The van der Waals surface area contributed by atoms with Gasteiger partial charge in [-0.1, -0.05) is 5.16 Å². The number of rotatable bonds is 6. The highest BCUT2D eigenvalue weighted by Gasteiger charge is 2.51. The second kappa shape index (κ2) is 9.59. The second-order valence-corrected chi connectivity index (χ2v) is 9.05. The minimum Gasteiger partial charge on any atom is -0.380 e. The lowest BCUT2D eigenvalue weighted by Gasteiger charge is -2.40. The molecule has 4 N–H and O–H groups in total. The molecule has 0 saturated carbocycles. The lowest BCUT2D eigenvalue weighted by Crippen LogP contribution is -2.63. The maximum atomic E-state index is 13.5. The Balaban J connectivity index is 1.38. The summed E-state index contributed by atoms with van der Waals surface area (Å²) < 4.78 is 38.6. The third-order valence-electron chi connectivity index (χ3n) is 6.45. The Morgan fingerprint density at radius 2 is 2.00 bits per heavy atom. The minimum atomic E-state index is -3.04. The van der Waals surface area contributed by atoms with Crippen LogP contribution in [-0.4, -0.2) is 61.3 Å². The summed E-state index contributed by atoms with van der Waals surface area (Å²) in [4.78, 5) is 39.4. The first-order chi connectivity index (χ1) is 18.5. The average molecular weight is 543 g/mol. The fourth-order valence-corrected chi connectivity index (χ4v) is 4.31. The number of aliphatic hydroxyl groups is 1. The highest BCUT2D eigenvalue weighted by Crippen LogP contribution is 2.30. The fourth-order valence-electron chi connectivity index (χ4n) is 4.31. The number of fused-ring (bicyclic) bond motifs is 1. The van der Waals surface area contributed by atoms with Gasteiger partial charge in [0.25, 0.3) is 17.4 Å². The van der Waals surface area contributed by atoms with Gasteiger partial charge < -0.3 is 25.4 Å². The van der Waals surface area contributed by atoms with E-state index >= 15 is 0 Å². The van der Waals surface area contributed by atoms with E-state index in [0.29, 0.717) is 16.7 Å². The number of hydrogen-bond donors (Lipinski definition) is 3. The van der Waals surface area contributed by atoms with Crippen LogP contribution in [0.4, 0.5) is 26.1 Å². The number of benzene rings is 1. The molecule has 1 aromatic carbocycles. The number of nitrogens with one attached hydrogen (secondary N) is 1. The normalized spacial score (nSPS) is 18.6. The van der Waals surface area contributed by atoms with E-state index in [0.717, 1.165) is 12.3 Å². The molecule has 3 aromatic heterocycles. The summed E-state index contributed by atoms with van der Waals surface area (Å²) in [6, 6.07) is 8.44. The third kappa shape index (κ3) is 4.51. The maximum Gasteiger partial charge on any atom is 0.321 e. The van der Waals surface area contributed by atoms with Crippen molar-refractivity contribution in [2.75, 3.05) is 29.1 Å². The zero-order valence-electron chi connectivity index (χ0n) is 20.7. The zero-order valence-corrected chi connectivity index (χ0v) is 20.7. The number of nitrogens with two attached hydrogens (primary N) is 1. The largest absolute Gasteiger partial charge is 0.380 e. The number of morpholine rings is 1. The molecule has 1 aliphatic heterocycles. The van der Waals surface area contributed by atoms with Gasteiger partial charge in [-0.15, -0.1) is 5.10 Å². The molecule has 39 heavy (non-hydrogen) atoms. The van der Waals surface area contributed by atoms with Crippen molar-refractivity contribution in [3.63, 3.8) is 0 Å². The Kier molecular flexibility index (Phi) is 6.40. The van der Waals surface area contributed by atoms with Gasteiger partial charge in [0.2, 0.25) is 0 Å². The number of carbonyl (C=O) groups is 2. The van der Waals surface area contributed by atoms with E-state index in [9.17, 15) is 28.3 Å². The topological polar surface area (TPSA) is 171 Å². The number of aromatic nitrogens is 4. The molecule has 0 bridgehead atoms. The van der Waals surface area contributed by atoms with Crippen molar-refractivity contribution >= 4 is 40.1 Å². The Morgan fingerprint density at radius 3 is 2.74 bits per heavy atom. The number of amides is 2. The summed E-state index contributed by atoms with van der Waals surface area (Å²) in [5, 5.41) is 21.9. The second-order valence-electron chi connectivity index (χ2n) is 9.05. The summed E-state index contributed by atoms with van der Waals surface area (Å²) in [5.41, 5.74) is 4.08. The Hall–Kier alpha value is -4.63. The van der Waals surface area contributed by atoms with Crippen LogP contribution in [0.3, 0.4) is 0 Å². The highest BCUT2D eigenvalue weighted by molar-refractivity contribution is 6.06. The quantitative estimate of drug-likeness (QED) is 0.327. The van der Waals surface area contributed by atoms with E-state index in [-0.39, 0.29) is 40.7 Å². The molecule has 1 aliphatic rings. The molecule has 5 rings (SSSR count). The van der Waals surface area contributed by atoms with E-state index in [1.54, 1.807) is 13.0 Å². The van der Waals surface area contributed by atoms with Crippen LogP contribution in [0.15, 0.2) is 51.9 Å². The van der Waals surface area contributed by atoms with Gasteiger partial charge >= 0.3 is 6.55 Å². The standard InChI is InChI=1S/C24H23F2N7O6/c1-12-9-17(29-33(12)14-4-6-18(34)32(11-14)23(25)26)31-7-8-38-24(2,22(31)37)19(35)21(36)28-13-3-5-15-16(10-13)39-30-20(15)27/h3-6,9-11,19,23,35H,7-8H2,1-2H3,(H2,27,30)(H,28,36)/t19?,24-/m1/s1. The summed E-state index contributed by atoms with van der Waals surface area (Å²) in [6.07, 6.45) is -0.957. The lowest BCUT2D eigenvalue weighted by molar-refractivity contribution is -0.170. The maximum absolute atomic E-state index is 13.5. The molecule has 0 spiro atoms. The van der Waals surface area contributed by atoms with E-state index in [1.807, 2.05) is 0 Å². The van der Waals surface area contributed by atoms with Gasteiger partial charge in [-0.25, -0.2) is 4.68 Å². The average Bonchev–Trinajstić information content (AvgIpc) is 3.47. The number of aliphatic hydroxyl groups excluding tert-OH is 1. The van der Waals surface area contributed by atoms with Gasteiger partial charge in [-0.2, -0.15) is 8.78 Å². The van der Waals surface area contributed by atoms with E-state index < -0.39 is 35.6 Å². The molecule has 4 aromatic rings. The van der Waals surface area contributed by atoms with Gasteiger partial charge in [0.1, 0.15) is 0 Å². The molecule has 1 unspecified atom stereocenters. The third-order valence-corrected chi connectivity index (χ3v) is 6.45. The molecule has 204 valence electrons. The van der Waals surface area contributed by atoms with E-state index in [2.05, 4.69) is 15.6 Å². The van der Waals surface area contributed by atoms with E-state index in [1.165, 1.54) is 40.8 Å². The van der Waals surface area contributed by atoms with Crippen molar-refractivity contribution in [1.29, 1.82) is 0 Å². The number of alkyl halides is 2. The monoisotopic (exact) mass is 543 g/mol. The van der Waals surface area contributed by atoms with Gasteiger partial charge in [0.05, 0.1) is 24.2 Å². The predicted molar refractivity (Wildman–Crippen MR) is 134 cm³/mol. The molecule has 15 heteroatoms. The number of nitrogens with zero attached hydrogens (tertiary/aromatic N) is 5. The lowest BCUT2D eigenvalue weighted by atomic mass is 9.94. The van der Waals surface area contributed by atoms with Crippen molar-refractivity contribution in [3.05, 3.63) is 58.6 Å². The van der Waals surface area contributed by atoms with Crippen molar-refractivity contribution in [3.8, 4) is 5.69 Å². The number of pyridine rings is 1. The molecule has 2 amide bonds. The van der Waals surface area contributed by atoms with Crippen molar-refractivity contribution in [2.24, 2.45) is 0 Å². The first-order valence-corrected chi connectivity index (χ1v) is 11.7. The molecule has 13 nitrogen and oxygen atoms in total. The number of halogens is 2. The summed E-state index contributed by atoms with van der Waals surface area (Å²) >= 11 is 0. The molecular formula is C24H23F2N7O6. The Labute approximate surface area is 218 Å². The summed E-state index contributed by atoms with van der Waals surface area (Å²) in [7, 11) is 0. The molecule has 0 radical (unpaired) electrons. The van der Waals surface area contributed by atoms with Crippen molar-refractivity contribution in [1.82, 2.24) is 19.5 Å². The van der Waals surface area contributed by atoms with Crippen LogP contribution < -0.4 is 21.5 Å². The predicted octanol–water partition coefficient (Wildman–Crippen LogP) is 1.58. The number of ether oxygens (including phenoxy) is 1. The molecule has 4 heterocycles. The zero-order chi connectivity index (χ0) is 28.1. The van der Waals surface area contributed by atoms with Gasteiger partial charge in [0.15, 0.2) is 28.9 Å². The van der Waals surface area contributed by atoms with Gasteiger partial charge in [0, 0.05) is 35.8 Å². The number of carbonyl (C=O) groups excluding carboxylic acids is 2. The number of nitrogen functional groups attached to an aromatic ring is 1. The number of hydrogen-bond acceptors (Lipinski definition) is 9. The van der Waals surface area contributed by atoms with Gasteiger partial charge in [-0.3, -0.25) is 23.9 Å². The molecule has 0 aliphatic carbocycles. The van der Waals surface area contributed by atoms with Crippen LogP contribution in [0.1, 0.15) is 19.2 Å². The van der Waals surface area contributed by atoms with Crippen LogP contribution in [0, 0.1) is 6.92 Å². The van der Waals surface area contributed by atoms with Crippen LogP contribution in [0.2, 0.25) is 0 Å². The summed E-state index contributed by atoms with van der Waals surface area (Å²) in [6.45, 7) is -0.0938. The first-order valence-electron chi connectivity index (χ1n) is 11.7. The highest BCUT2D eigenvalue weighted by atomic mass is 19.3. The Morgan fingerprint density at radius 1 is 1.23 bits per heavy atom. The number of anilines is 3. The first kappa shape index (κ1) is 26.0. The van der Waals surface area contributed by atoms with Crippen LogP contribution in [0.25, 0.3) is 16.7 Å². The molecular weight excluding hydrogens is 520 g/mol. The van der Waals surface area contributed by atoms with Crippen molar-refractivity contribution < 1.29 is 32.7 Å². The van der Waals surface area contributed by atoms with Crippen LogP contribution >= 0.6 is 0 Å². The smallest absolute Gasteiger partial charge is 0.321 e. The Bertz CT molecular complexity index is 1650. The van der Waals surface area contributed by atoms with Gasteiger partial charge in [-0.05, 0) is 32.0 Å². The minimum absolute atomic E-state index is 0.0297. The van der Waals surface area contributed by atoms with Crippen LogP contribution in [-0.2, 0) is 14.3 Å².